The van der Waals surface area contributed by atoms with Crippen LogP contribution in [0.2, 0.25) is 0 Å². The second-order valence-electron chi connectivity index (χ2n) is 5.86. The van der Waals surface area contributed by atoms with Crippen LogP contribution in [0.25, 0.3) is 22.4 Å². The summed E-state index contributed by atoms with van der Waals surface area (Å²) in [5, 5.41) is 0. The van der Waals surface area contributed by atoms with Gasteiger partial charge in [0.25, 0.3) is 0 Å². The average molecular weight is 294 g/mol. The molecule has 1 fully saturated rings. The maximum absolute atomic E-state index is 5.79. The highest BCUT2D eigenvalue weighted by Gasteiger charge is 2.24. The third-order valence-corrected chi connectivity index (χ3v) is 4.31. The van der Waals surface area contributed by atoms with Crippen molar-refractivity contribution in [3.05, 3.63) is 30.1 Å². The van der Waals surface area contributed by atoms with Gasteiger partial charge in [-0.25, -0.2) is 15.0 Å². The van der Waals surface area contributed by atoms with Crippen molar-refractivity contribution in [2.45, 2.75) is 32.2 Å². The number of fused-ring (bicyclic) bond motifs is 1. The molecule has 3 heterocycles. The zero-order valence-corrected chi connectivity index (χ0v) is 12.5. The van der Waals surface area contributed by atoms with Crippen LogP contribution in [0, 0.1) is 6.92 Å². The van der Waals surface area contributed by atoms with E-state index in [0.717, 1.165) is 28.2 Å². The molecule has 4 N–H and O–H groups in total. The molecule has 1 aliphatic rings. The number of rotatable bonds is 2. The molecule has 0 atom stereocenters. The first-order valence-corrected chi connectivity index (χ1v) is 7.51. The van der Waals surface area contributed by atoms with Crippen molar-refractivity contribution in [1.29, 1.82) is 0 Å². The van der Waals surface area contributed by atoms with Crippen molar-refractivity contribution in [3.63, 3.8) is 0 Å². The predicted octanol–water partition coefficient (Wildman–Crippen LogP) is 2.69. The van der Waals surface area contributed by atoms with E-state index in [0.29, 0.717) is 17.7 Å². The molecule has 0 bridgehead atoms. The van der Waals surface area contributed by atoms with E-state index in [1.807, 2.05) is 19.1 Å². The van der Waals surface area contributed by atoms with Gasteiger partial charge in [0.05, 0.1) is 5.69 Å². The van der Waals surface area contributed by atoms with E-state index in [1.54, 1.807) is 12.1 Å². The van der Waals surface area contributed by atoms with Crippen LogP contribution in [0.4, 0.5) is 11.6 Å². The Hall–Kier alpha value is -2.63. The van der Waals surface area contributed by atoms with Gasteiger partial charge in [0.1, 0.15) is 23.0 Å². The second kappa shape index (κ2) is 4.69. The lowest BCUT2D eigenvalue weighted by molar-refractivity contribution is 0.314. The highest BCUT2D eigenvalue weighted by atomic mass is 15.2. The van der Waals surface area contributed by atoms with E-state index in [2.05, 4.69) is 14.5 Å². The molecule has 0 unspecified atom stereocenters. The van der Waals surface area contributed by atoms with E-state index >= 15 is 0 Å². The first kappa shape index (κ1) is 13.1. The lowest BCUT2D eigenvalue weighted by Crippen LogP contribution is -2.18. The number of aromatic nitrogens is 4. The molecule has 0 aromatic carbocycles. The number of nitrogens with two attached hydrogens (primary N) is 2. The van der Waals surface area contributed by atoms with E-state index in [4.69, 9.17) is 16.5 Å². The van der Waals surface area contributed by atoms with Crippen molar-refractivity contribution in [1.82, 2.24) is 19.5 Å². The Balaban J connectivity index is 1.89. The molecule has 3 aromatic rings. The van der Waals surface area contributed by atoms with Gasteiger partial charge in [-0.1, -0.05) is 0 Å². The molecule has 3 aromatic heterocycles. The minimum Gasteiger partial charge on any atom is -0.384 e. The topological polar surface area (TPSA) is 95.6 Å². The molecule has 0 radical (unpaired) electrons. The van der Waals surface area contributed by atoms with Crippen molar-refractivity contribution < 1.29 is 0 Å². The SMILES string of the molecule is Cc1nc2ccc(-c3cc(N)nc(N)c3)nc2n1C1CCC1. The minimum atomic E-state index is 0.403. The number of pyridine rings is 2. The summed E-state index contributed by atoms with van der Waals surface area (Å²) in [5.41, 5.74) is 15.2. The standard InChI is InChI=1S/C16H18N6/c1-9-19-13-6-5-12(10-7-14(17)21-15(18)8-10)20-16(13)22(9)11-3-2-4-11/h5-8,11H,2-4H2,1H3,(H4,17,18,21). The quantitative estimate of drug-likeness (QED) is 0.757. The van der Waals surface area contributed by atoms with Crippen LogP contribution in [-0.4, -0.2) is 19.5 Å². The lowest BCUT2D eigenvalue weighted by Gasteiger charge is -2.28. The Morgan fingerprint density at radius 2 is 1.77 bits per heavy atom. The van der Waals surface area contributed by atoms with Gasteiger partial charge in [0, 0.05) is 11.6 Å². The zero-order chi connectivity index (χ0) is 15.3. The molecule has 112 valence electrons. The molecular weight excluding hydrogens is 276 g/mol. The molecular formula is C16H18N6. The Labute approximate surface area is 128 Å². The van der Waals surface area contributed by atoms with Crippen molar-refractivity contribution in [2.75, 3.05) is 11.5 Å². The number of imidazole rings is 1. The maximum atomic E-state index is 5.79. The molecule has 1 aliphatic carbocycles. The van der Waals surface area contributed by atoms with Crippen LogP contribution in [0.3, 0.4) is 0 Å². The van der Waals surface area contributed by atoms with Crippen molar-refractivity contribution in [2.24, 2.45) is 0 Å². The summed E-state index contributed by atoms with van der Waals surface area (Å²) in [6.45, 7) is 2.04. The van der Waals surface area contributed by atoms with Gasteiger partial charge in [-0.3, -0.25) is 0 Å². The Morgan fingerprint density at radius 1 is 1.05 bits per heavy atom. The van der Waals surface area contributed by atoms with E-state index < -0.39 is 0 Å². The third-order valence-electron chi connectivity index (χ3n) is 4.31. The summed E-state index contributed by atoms with van der Waals surface area (Å²) in [6, 6.07) is 8.07. The van der Waals surface area contributed by atoms with Crippen LogP contribution >= 0.6 is 0 Å². The van der Waals surface area contributed by atoms with Crippen molar-refractivity contribution in [3.8, 4) is 11.3 Å². The monoisotopic (exact) mass is 294 g/mol. The summed E-state index contributed by atoms with van der Waals surface area (Å²) in [7, 11) is 0. The fourth-order valence-corrected chi connectivity index (χ4v) is 3.05. The van der Waals surface area contributed by atoms with Gasteiger partial charge >= 0.3 is 0 Å². The maximum Gasteiger partial charge on any atom is 0.160 e. The van der Waals surface area contributed by atoms with Crippen LogP contribution < -0.4 is 11.5 Å². The highest BCUT2D eigenvalue weighted by Crippen LogP contribution is 2.35. The predicted molar refractivity (Wildman–Crippen MR) is 87.2 cm³/mol. The average Bonchev–Trinajstić information content (AvgIpc) is 2.72. The summed E-state index contributed by atoms with van der Waals surface area (Å²) in [6.07, 6.45) is 3.68. The fraction of sp³-hybridized carbons (Fsp3) is 0.312. The summed E-state index contributed by atoms with van der Waals surface area (Å²) >= 11 is 0. The van der Waals surface area contributed by atoms with Gasteiger partial charge in [0.2, 0.25) is 0 Å². The number of nitrogens with zero attached hydrogens (tertiary/aromatic N) is 4. The number of anilines is 2. The molecule has 0 saturated heterocycles. The Morgan fingerprint density at radius 3 is 2.41 bits per heavy atom. The molecule has 4 rings (SSSR count). The summed E-state index contributed by atoms with van der Waals surface area (Å²) in [4.78, 5) is 13.4. The Bertz CT molecular complexity index is 842. The molecule has 0 spiro atoms. The summed E-state index contributed by atoms with van der Waals surface area (Å²) < 4.78 is 2.26. The highest BCUT2D eigenvalue weighted by molar-refractivity contribution is 5.77. The Kier molecular flexibility index (Phi) is 2.79. The van der Waals surface area contributed by atoms with Crippen molar-refractivity contribution >= 4 is 22.8 Å². The number of aryl methyl sites for hydroxylation is 1. The van der Waals surface area contributed by atoms with Gasteiger partial charge in [-0.05, 0) is 50.5 Å². The molecule has 0 aliphatic heterocycles. The number of hydrogen-bond donors (Lipinski definition) is 2. The molecule has 1 saturated carbocycles. The molecule has 6 nitrogen and oxygen atoms in total. The fourth-order valence-electron chi connectivity index (χ4n) is 3.05. The van der Waals surface area contributed by atoms with Gasteiger partial charge < -0.3 is 16.0 Å². The van der Waals surface area contributed by atoms with E-state index in [-0.39, 0.29) is 0 Å². The van der Waals surface area contributed by atoms with Crippen LogP contribution in [-0.2, 0) is 0 Å². The second-order valence-corrected chi connectivity index (χ2v) is 5.86. The smallest absolute Gasteiger partial charge is 0.160 e. The molecule has 6 heteroatoms. The first-order valence-electron chi connectivity index (χ1n) is 7.51. The number of nitrogen functional groups attached to an aromatic ring is 2. The zero-order valence-electron chi connectivity index (χ0n) is 12.5. The minimum absolute atomic E-state index is 0.403. The molecule has 0 amide bonds. The summed E-state index contributed by atoms with van der Waals surface area (Å²) in [5.74, 6) is 1.83. The van der Waals surface area contributed by atoms with E-state index in [1.165, 1.54) is 19.3 Å². The van der Waals surface area contributed by atoms with Crippen LogP contribution in [0.15, 0.2) is 24.3 Å². The number of hydrogen-bond acceptors (Lipinski definition) is 5. The van der Waals surface area contributed by atoms with Gasteiger partial charge in [-0.2, -0.15) is 0 Å². The molecule has 22 heavy (non-hydrogen) atoms. The van der Waals surface area contributed by atoms with Crippen LogP contribution in [0.5, 0.6) is 0 Å². The van der Waals surface area contributed by atoms with Crippen LogP contribution in [0.1, 0.15) is 31.1 Å². The largest absolute Gasteiger partial charge is 0.384 e. The van der Waals surface area contributed by atoms with Gasteiger partial charge in [0.15, 0.2) is 5.65 Å². The van der Waals surface area contributed by atoms with E-state index in [9.17, 15) is 0 Å². The van der Waals surface area contributed by atoms with Gasteiger partial charge in [-0.15, -0.1) is 0 Å². The third kappa shape index (κ3) is 1.99. The normalized spacial score (nSPS) is 15.1. The first-order chi connectivity index (χ1) is 10.6. The lowest BCUT2D eigenvalue weighted by atomic mass is 9.93.